The maximum Gasteiger partial charge on any atom is 0.325 e. The first-order chi connectivity index (χ1) is 9.72. The van der Waals surface area contributed by atoms with Gasteiger partial charge in [0.15, 0.2) is 0 Å². The highest BCUT2D eigenvalue weighted by atomic mass is 32.1. The number of fused-ring (bicyclic) bond motifs is 1. The molecule has 0 amide bonds. The summed E-state index contributed by atoms with van der Waals surface area (Å²) in [4.78, 5) is 15.0. The van der Waals surface area contributed by atoms with E-state index in [4.69, 9.17) is 4.42 Å². The summed E-state index contributed by atoms with van der Waals surface area (Å²) in [7, 11) is 0. The lowest BCUT2D eigenvalue weighted by Gasteiger charge is -2.37. The van der Waals surface area contributed by atoms with Crippen LogP contribution in [-0.4, -0.2) is 22.5 Å². The van der Waals surface area contributed by atoms with E-state index in [2.05, 4.69) is 11.8 Å². The summed E-state index contributed by atoms with van der Waals surface area (Å²) in [5, 5.41) is 11.6. The van der Waals surface area contributed by atoms with E-state index in [0.717, 1.165) is 30.7 Å². The molecule has 1 N–H and O–H groups in total. The second-order valence-electron chi connectivity index (χ2n) is 4.97. The van der Waals surface area contributed by atoms with Crippen LogP contribution in [0.25, 0.3) is 0 Å². The third-order valence-corrected chi connectivity index (χ3v) is 4.89. The number of hydrogen-bond acceptors (Lipinski definition) is 4. The molecule has 3 heterocycles. The molecule has 1 aliphatic rings. The van der Waals surface area contributed by atoms with Crippen molar-refractivity contribution < 1.29 is 14.3 Å². The number of carbonyl (C=O) groups is 1. The fourth-order valence-corrected chi connectivity index (χ4v) is 3.93. The summed E-state index contributed by atoms with van der Waals surface area (Å²) in [5.74, 6) is 0.0618. The number of furan rings is 1. The van der Waals surface area contributed by atoms with Gasteiger partial charge in [0.2, 0.25) is 0 Å². The molecule has 0 aliphatic carbocycles. The van der Waals surface area contributed by atoms with Crippen LogP contribution < -0.4 is 0 Å². The zero-order valence-electron chi connectivity index (χ0n) is 11.3. The zero-order chi connectivity index (χ0) is 14.1. The van der Waals surface area contributed by atoms with Gasteiger partial charge in [-0.3, -0.25) is 9.69 Å². The maximum atomic E-state index is 11.7. The average molecular weight is 291 g/mol. The molecule has 2 atom stereocenters. The van der Waals surface area contributed by atoms with Gasteiger partial charge >= 0.3 is 5.97 Å². The molecule has 20 heavy (non-hydrogen) atoms. The first kappa shape index (κ1) is 13.4. The summed E-state index contributed by atoms with van der Waals surface area (Å²) in [6.07, 6.45) is 3.39. The molecule has 0 radical (unpaired) electrons. The van der Waals surface area contributed by atoms with Crippen LogP contribution in [0, 0.1) is 0 Å². The molecular weight excluding hydrogens is 274 g/mol. The van der Waals surface area contributed by atoms with Gasteiger partial charge in [-0.2, -0.15) is 0 Å². The lowest BCUT2D eigenvalue weighted by atomic mass is 9.96. The molecule has 0 fully saturated rings. The molecule has 2 aromatic heterocycles. The van der Waals surface area contributed by atoms with Crippen molar-refractivity contribution in [3.05, 3.63) is 46.0 Å². The fourth-order valence-electron chi connectivity index (χ4n) is 3.03. The molecular formula is C15H17NO3S. The largest absolute Gasteiger partial charge is 0.480 e. The predicted molar refractivity (Wildman–Crippen MR) is 76.8 cm³/mol. The lowest BCUT2D eigenvalue weighted by molar-refractivity contribution is -0.145. The van der Waals surface area contributed by atoms with Gasteiger partial charge in [-0.15, -0.1) is 11.3 Å². The van der Waals surface area contributed by atoms with Gasteiger partial charge in [0.25, 0.3) is 0 Å². The van der Waals surface area contributed by atoms with Gasteiger partial charge in [0.1, 0.15) is 11.8 Å². The first-order valence-electron chi connectivity index (χ1n) is 6.80. The molecule has 0 saturated heterocycles. The van der Waals surface area contributed by atoms with E-state index in [-0.39, 0.29) is 6.04 Å². The molecule has 2 aromatic rings. The molecule has 4 nitrogen and oxygen atoms in total. The van der Waals surface area contributed by atoms with Gasteiger partial charge in [0, 0.05) is 11.4 Å². The standard InChI is InChI=1S/C15H17NO3S/c1-2-11(12-4-3-8-19-12)16-7-5-13-10(6-9-20-13)14(16)15(17)18/h3-4,6,8-9,11,14H,2,5,7H2,1H3,(H,17,18). The Bertz CT molecular complexity index is 590. The third-order valence-electron chi connectivity index (χ3n) is 3.90. The van der Waals surface area contributed by atoms with Crippen molar-refractivity contribution in [1.29, 1.82) is 0 Å². The maximum absolute atomic E-state index is 11.7. The minimum atomic E-state index is -0.783. The van der Waals surface area contributed by atoms with Gasteiger partial charge in [-0.25, -0.2) is 0 Å². The Morgan fingerprint density at radius 3 is 3.10 bits per heavy atom. The van der Waals surface area contributed by atoms with Crippen molar-refractivity contribution in [1.82, 2.24) is 4.90 Å². The third kappa shape index (κ3) is 2.17. The Morgan fingerprint density at radius 1 is 1.60 bits per heavy atom. The Labute approximate surface area is 121 Å². The van der Waals surface area contributed by atoms with Crippen LogP contribution in [-0.2, 0) is 11.2 Å². The summed E-state index contributed by atoms with van der Waals surface area (Å²) in [6.45, 7) is 2.82. The molecule has 1 aliphatic heterocycles. The highest BCUT2D eigenvalue weighted by Crippen LogP contribution is 2.39. The molecule has 0 aromatic carbocycles. The number of rotatable bonds is 4. The van der Waals surface area contributed by atoms with Crippen LogP contribution in [0.15, 0.2) is 34.3 Å². The Morgan fingerprint density at radius 2 is 2.45 bits per heavy atom. The normalized spacial score (nSPS) is 20.6. The molecule has 2 unspecified atom stereocenters. The highest BCUT2D eigenvalue weighted by Gasteiger charge is 2.38. The van der Waals surface area contributed by atoms with E-state index in [1.165, 1.54) is 4.88 Å². The van der Waals surface area contributed by atoms with Gasteiger partial charge in [-0.05, 0) is 42.0 Å². The van der Waals surface area contributed by atoms with Crippen molar-refractivity contribution in [2.45, 2.75) is 31.8 Å². The second kappa shape index (κ2) is 5.42. The van der Waals surface area contributed by atoms with E-state index in [9.17, 15) is 9.90 Å². The average Bonchev–Trinajstić information content (AvgIpc) is 3.09. The molecule has 0 bridgehead atoms. The quantitative estimate of drug-likeness (QED) is 0.937. The van der Waals surface area contributed by atoms with Crippen molar-refractivity contribution in [3.63, 3.8) is 0 Å². The number of aliphatic carboxylic acids is 1. The molecule has 5 heteroatoms. The van der Waals surface area contributed by atoms with Gasteiger partial charge in [0.05, 0.1) is 12.3 Å². The number of thiophene rings is 1. The number of nitrogens with zero attached hydrogens (tertiary/aromatic N) is 1. The Kier molecular flexibility index (Phi) is 3.63. The van der Waals surface area contributed by atoms with Crippen molar-refractivity contribution in [2.24, 2.45) is 0 Å². The van der Waals surface area contributed by atoms with Gasteiger partial charge in [-0.1, -0.05) is 6.92 Å². The van der Waals surface area contributed by atoms with E-state index < -0.39 is 12.0 Å². The molecule has 3 rings (SSSR count). The van der Waals surface area contributed by atoms with Crippen LogP contribution in [0.5, 0.6) is 0 Å². The van der Waals surface area contributed by atoms with Crippen LogP contribution >= 0.6 is 11.3 Å². The minimum absolute atomic E-state index is 0.0131. The Hall–Kier alpha value is -1.59. The molecule has 0 saturated carbocycles. The summed E-state index contributed by atoms with van der Waals surface area (Å²) in [6, 6.07) is 5.17. The van der Waals surface area contributed by atoms with Crippen LogP contribution in [0.2, 0.25) is 0 Å². The van der Waals surface area contributed by atoms with E-state index in [0.29, 0.717) is 0 Å². The smallest absolute Gasteiger partial charge is 0.325 e. The predicted octanol–water partition coefficient (Wildman–Crippen LogP) is 3.48. The van der Waals surface area contributed by atoms with Crippen molar-refractivity contribution >= 4 is 17.3 Å². The van der Waals surface area contributed by atoms with Gasteiger partial charge < -0.3 is 9.52 Å². The SMILES string of the molecule is CCC(c1ccco1)N1CCc2sccc2C1C(=O)O. The molecule has 106 valence electrons. The lowest BCUT2D eigenvalue weighted by Crippen LogP contribution is -2.41. The topological polar surface area (TPSA) is 53.7 Å². The van der Waals surface area contributed by atoms with Crippen LogP contribution in [0.4, 0.5) is 0 Å². The first-order valence-corrected chi connectivity index (χ1v) is 7.68. The van der Waals surface area contributed by atoms with Crippen molar-refractivity contribution in [3.8, 4) is 0 Å². The fraction of sp³-hybridized carbons (Fsp3) is 0.400. The van der Waals surface area contributed by atoms with Crippen LogP contribution in [0.1, 0.15) is 41.6 Å². The Balaban J connectivity index is 1.98. The number of carboxylic acid groups (broad SMARTS) is 1. The summed E-state index contributed by atoms with van der Waals surface area (Å²) < 4.78 is 5.51. The van der Waals surface area contributed by atoms with E-state index in [1.807, 2.05) is 23.6 Å². The molecule has 0 spiro atoms. The highest BCUT2D eigenvalue weighted by molar-refractivity contribution is 7.10. The monoisotopic (exact) mass is 291 g/mol. The minimum Gasteiger partial charge on any atom is -0.480 e. The summed E-state index contributed by atoms with van der Waals surface area (Å²) >= 11 is 1.65. The summed E-state index contributed by atoms with van der Waals surface area (Å²) in [5.41, 5.74) is 0.943. The zero-order valence-corrected chi connectivity index (χ0v) is 12.1. The number of hydrogen-bond donors (Lipinski definition) is 1. The van der Waals surface area contributed by atoms with Crippen LogP contribution in [0.3, 0.4) is 0 Å². The second-order valence-corrected chi connectivity index (χ2v) is 5.97. The van der Waals surface area contributed by atoms with E-state index in [1.54, 1.807) is 17.6 Å². The van der Waals surface area contributed by atoms with Crippen molar-refractivity contribution in [2.75, 3.05) is 6.54 Å². The van der Waals surface area contributed by atoms with E-state index >= 15 is 0 Å². The number of carboxylic acids is 1.